The fourth-order valence-electron chi connectivity index (χ4n) is 4.91. The van der Waals surface area contributed by atoms with Gasteiger partial charge in [0.25, 0.3) is 5.56 Å². The van der Waals surface area contributed by atoms with Gasteiger partial charge in [0.15, 0.2) is 5.16 Å². The van der Waals surface area contributed by atoms with Crippen LogP contribution in [-0.2, 0) is 22.4 Å². The highest BCUT2D eigenvalue weighted by molar-refractivity contribution is 7.99. The summed E-state index contributed by atoms with van der Waals surface area (Å²) in [6, 6.07) is 7.46. The molecule has 1 amide bonds. The third kappa shape index (κ3) is 4.36. The van der Waals surface area contributed by atoms with Crippen molar-refractivity contribution in [1.29, 1.82) is 0 Å². The van der Waals surface area contributed by atoms with Gasteiger partial charge in [-0.05, 0) is 57.2 Å². The number of carbonyl (C=O) groups excluding carboxylic acids is 1. The van der Waals surface area contributed by atoms with Crippen molar-refractivity contribution in [3.05, 3.63) is 45.1 Å². The van der Waals surface area contributed by atoms with Crippen molar-refractivity contribution >= 4 is 39.2 Å². The zero-order valence-corrected chi connectivity index (χ0v) is 21.3. The number of thiophene rings is 1. The zero-order valence-electron chi connectivity index (χ0n) is 19.7. The lowest BCUT2D eigenvalue weighted by molar-refractivity contribution is -0.140. The van der Waals surface area contributed by atoms with E-state index in [1.165, 1.54) is 16.6 Å². The summed E-state index contributed by atoms with van der Waals surface area (Å²) >= 11 is 2.94. The molecule has 1 saturated heterocycles. The van der Waals surface area contributed by atoms with Crippen molar-refractivity contribution in [2.75, 3.05) is 26.0 Å². The Labute approximate surface area is 207 Å². The van der Waals surface area contributed by atoms with Gasteiger partial charge in [0.2, 0.25) is 5.91 Å². The SMILES string of the molecule is COc1ccccc1-n1c(SCC(=O)N2C[C@H](C)O[C@@H](C)C2)nc2sc3c(c2c1=O)CCCC3. The first kappa shape index (κ1) is 23.4. The smallest absolute Gasteiger partial charge is 0.267 e. The van der Waals surface area contributed by atoms with E-state index in [1.54, 1.807) is 23.0 Å². The van der Waals surface area contributed by atoms with E-state index < -0.39 is 0 Å². The van der Waals surface area contributed by atoms with Crippen molar-refractivity contribution in [2.45, 2.75) is 56.9 Å². The van der Waals surface area contributed by atoms with Gasteiger partial charge in [-0.3, -0.25) is 14.2 Å². The van der Waals surface area contributed by atoms with Crippen molar-refractivity contribution in [3.63, 3.8) is 0 Å². The number of hydrogen-bond donors (Lipinski definition) is 0. The molecule has 3 aromatic rings. The highest BCUT2D eigenvalue weighted by Gasteiger charge is 2.28. The van der Waals surface area contributed by atoms with Crippen LogP contribution in [0, 0.1) is 0 Å². The number of amides is 1. The number of benzene rings is 1. The molecule has 9 heteroatoms. The van der Waals surface area contributed by atoms with E-state index >= 15 is 0 Å². The van der Waals surface area contributed by atoms with Crippen LogP contribution >= 0.6 is 23.1 Å². The monoisotopic (exact) mass is 499 g/mol. The molecule has 0 bridgehead atoms. The lowest BCUT2D eigenvalue weighted by Crippen LogP contribution is -2.48. The Morgan fingerprint density at radius 1 is 1.21 bits per heavy atom. The summed E-state index contributed by atoms with van der Waals surface area (Å²) in [5.74, 6) is 0.828. The molecule has 1 aromatic carbocycles. The van der Waals surface area contributed by atoms with Crippen LogP contribution in [0.3, 0.4) is 0 Å². The molecule has 1 fully saturated rings. The number of para-hydroxylation sites is 2. The number of fused-ring (bicyclic) bond motifs is 3. The fourth-order valence-corrected chi connectivity index (χ4v) is 7.12. The normalized spacial score (nSPS) is 20.4. The van der Waals surface area contributed by atoms with E-state index in [4.69, 9.17) is 14.5 Å². The van der Waals surface area contributed by atoms with E-state index in [0.29, 0.717) is 29.7 Å². The number of thioether (sulfide) groups is 1. The van der Waals surface area contributed by atoms with Crippen LogP contribution in [-0.4, -0.2) is 58.5 Å². The number of methoxy groups -OCH3 is 1. The van der Waals surface area contributed by atoms with E-state index in [1.807, 2.05) is 43.0 Å². The summed E-state index contributed by atoms with van der Waals surface area (Å²) in [5, 5.41) is 1.24. The second kappa shape index (κ2) is 9.71. The summed E-state index contributed by atoms with van der Waals surface area (Å²) in [7, 11) is 1.60. The first-order valence-corrected chi connectivity index (χ1v) is 13.5. The van der Waals surface area contributed by atoms with Gasteiger partial charge in [0, 0.05) is 18.0 Å². The number of nitrogens with zero attached hydrogens (tertiary/aromatic N) is 3. The summed E-state index contributed by atoms with van der Waals surface area (Å²) in [6.07, 6.45) is 4.17. The molecule has 0 unspecified atom stereocenters. The van der Waals surface area contributed by atoms with Gasteiger partial charge in [0.1, 0.15) is 10.6 Å². The first-order valence-electron chi connectivity index (χ1n) is 11.7. The van der Waals surface area contributed by atoms with Crippen LogP contribution in [0.5, 0.6) is 5.75 Å². The summed E-state index contributed by atoms with van der Waals surface area (Å²) in [4.78, 5) is 35.8. The highest BCUT2D eigenvalue weighted by Crippen LogP contribution is 2.36. The number of aromatic nitrogens is 2. The lowest BCUT2D eigenvalue weighted by atomic mass is 9.97. The Bertz CT molecular complexity index is 1280. The van der Waals surface area contributed by atoms with Gasteiger partial charge in [-0.2, -0.15) is 0 Å². The van der Waals surface area contributed by atoms with Gasteiger partial charge in [0.05, 0.1) is 36.1 Å². The molecule has 2 aliphatic rings. The predicted molar refractivity (Wildman–Crippen MR) is 136 cm³/mol. The Kier molecular flexibility index (Phi) is 6.68. The molecule has 1 aliphatic heterocycles. The largest absolute Gasteiger partial charge is 0.495 e. The van der Waals surface area contributed by atoms with E-state index in [9.17, 15) is 9.59 Å². The van der Waals surface area contributed by atoms with Gasteiger partial charge < -0.3 is 14.4 Å². The average Bonchev–Trinajstić information content (AvgIpc) is 3.20. The van der Waals surface area contributed by atoms with Gasteiger partial charge in [-0.25, -0.2) is 4.98 Å². The molecule has 0 spiro atoms. The molecule has 1 aliphatic carbocycles. The Morgan fingerprint density at radius 2 is 1.94 bits per heavy atom. The van der Waals surface area contributed by atoms with Gasteiger partial charge in [-0.1, -0.05) is 23.9 Å². The minimum atomic E-state index is -0.0857. The first-order chi connectivity index (χ1) is 16.5. The van der Waals surface area contributed by atoms with Crippen LogP contribution in [0.25, 0.3) is 15.9 Å². The Balaban J connectivity index is 1.56. The quantitative estimate of drug-likeness (QED) is 0.389. The number of ether oxygens (including phenoxy) is 2. The third-order valence-electron chi connectivity index (χ3n) is 6.38. The number of carbonyl (C=O) groups is 1. The summed E-state index contributed by atoms with van der Waals surface area (Å²) in [5.41, 5.74) is 1.71. The maximum Gasteiger partial charge on any atom is 0.267 e. The Morgan fingerprint density at radius 3 is 2.71 bits per heavy atom. The molecule has 3 heterocycles. The third-order valence-corrected chi connectivity index (χ3v) is 8.49. The number of aryl methyl sites for hydroxylation is 2. The summed E-state index contributed by atoms with van der Waals surface area (Å²) in [6.45, 7) is 5.12. The molecule has 0 N–H and O–H groups in total. The molecule has 7 nitrogen and oxygen atoms in total. The molecule has 2 atom stereocenters. The second-order valence-electron chi connectivity index (χ2n) is 8.94. The lowest BCUT2D eigenvalue weighted by Gasteiger charge is -2.35. The van der Waals surface area contributed by atoms with Crippen LogP contribution in [0.15, 0.2) is 34.2 Å². The van der Waals surface area contributed by atoms with Crippen molar-refractivity contribution in [1.82, 2.24) is 14.5 Å². The maximum absolute atomic E-state index is 13.9. The topological polar surface area (TPSA) is 73.7 Å². The van der Waals surface area contributed by atoms with Crippen molar-refractivity contribution < 1.29 is 14.3 Å². The second-order valence-corrected chi connectivity index (χ2v) is 11.0. The molecule has 5 rings (SSSR count). The summed E-state index contributed by atoms with van der Waals surface area (Å²) < 4.78 is 13.0. The van der Waals surface area contributed by atoms with Crippen LogP contribution < -0.4 is 10.3 Å². The molecule has 0 radical (unpaired) electrons. The molecule has 2 aromatic heterocycles. The maximum atomic E-state index is 13.9. The van der Waals surface area contributed by atoms with Crippen molar-refractivity contribution in [2.24, 2.45) is 0 Å². The van der Waals surface area contributed by atoms with Gasteiger partial charge >= 0.3 is 0 Å². The molecular formula is C25H29N3O4S2. The molecular weight excluding hydrogens is 470 g/mol. The van der Waals surface area contributed by atoms with E-state index in [2.05, 4.69) is 0 Å². The van der Waals surface area contributed by atoms with E-state index in [-0.39, 0.29) is 29.4 Å². The minimum absolute atomic E-state index is 0.0105. The molecule has 0 saturated carbocycles. The molecule has 180 valence electrons. The Hall–Kier alpha value is -2.36. The average molecular weight is 500 g/mol. The highest BCUT2D eigenvalue weighted by atomic mass is 32.2. The zero-order chi connectivity index (χ0) is 23.8. The number of morpholine rings is 1. The standard InChI is InChI=1S/C25H29N3O4S2/c1-15-12-27(13-16(2)32-15)21(29)14-33-25-26-23-22(17-8-4-7-11-20(17)34-23)24(30)28(25)18-9-5-6-10-19(18)31-3/h5-6,9-10,15-16H,4,7-8,11-14H2,1-3H3/t15-,16-/m0/s1. The number of rotatable bonds is 5. The predicted octanol–water partition coefficient (Wildman–Crippen LogP) is 4.06. The van der Waals surface area contributed by atoms with Crippen LogP contribution in [0.2, 0.25) is 0 Å². The van der Waals surface area contributed by atoms with Crippen molar-refractivity contribution in [3.8, 4) is 11.4 Å². The van der Waals surface area contributed by atoms with E-state index in [0.717, 1.165) is 41.5 Å². The van der Waals surface area contributed by atoms with Gasteiger partial charge in [-0.15, -0.1) is 11.3 Å². The fraction of sp³-hybridized carbons (Fsp3) is 0.480. The van der Waals surface area contributed by atoms with Crippen LogP contribution in [0.1, 0.15) is 37.1 Å². The molecule has 34 heavy (non-hydrogen) atoms. The van der Waals surface area contributed by atoms with Crippen LogP contribution in [0.4, 0.5) is 0 Å². The minimum Gasteiger partial charge on any atom is -0.495 e. The number of hydrogen-bond acceptors (Lipinski definition) is 7.